The number of para-hydroxylation sites is 2. The lowest BCUT2D eigenvalue weighted by molar-refractivity contribution is 0.0172. The van der Waals surface area contributed by atoms with Crippen LogP contribution in [0.3, 0.4) is 0 Å². The molecule has 176 valence electrons. The summed E-state index contributed by atoms with van der Waals surface area (Å²) in [6.45, 7) is 8.39. The van der Waals surface area contributed by atoms with E-state index < -0.39 is 5.60 Å². The van der Waals surface area contributed by atoms with Crippen LogP contribution in [0.1, 0.15) is 39.2 Å². The number of nitrogens with one attached hydrogen (secondary N) is 1. The van der Waals surface area contributed by atoms with Crippen molar-refractivity contribution in [2.24, 2.45) is 5.92 Å². The highest BCUT2D eigenvalue weighted by Crippen LogP contribution is 2.27. The Labute approximate surface area is 204 Å². The fraction of sp³-hybridized carbons (Fsp3) is 0.440. The number of hydrogen-bond acceptors (Lipinski definition) is 4. The van der Waals surface area contributed by atoms with E-state index in [0.717, 1.165) is 48.5 Å². The minimum Gasteiger partial charge on any atom is -0.444 e. The van der Waals surface area contributed by atoms with Crippen molar-refractivity contribution in [3.05, 3.63) is 58.1 Å². The molecule has 6 nitrogen and oxygen atoms in total. The zero-order valence-electron chi connectivity index (χ0n) is 19.3. The molecule has 0 radical (unpaired) electrons. The number of rotatable bonds is 5. The maximum atomic E-state index is 12.5. The summed E-state index contributed by atoms with van der Waals surface area (Å²) < 4.78 is 7.70. The molecule has 1 fully saturated rings. The maximum absolute atomic E-state index is 12.5. The van der Waals surface area contributed by atoms with Gasteiger partial charge in [-0.05, 0) is 69.4 Å². The SMILES string of the molecule is CC(C)(C)OC(=O)N1CCCC(CNc2nc3ccccc3n2Cc2ccc(Cl)cc2Cl)C1. The average molecular weight is 489 g/mol. The number of anilines is 1. The van der Waals surface area contributed by atoms with E-state index in [0.29, 0.717) is 29.1 Å². The quantitative estimate of drug-likeness (QED) is 0.448. The van der Waals surface area contributed by atoms with Gasteiger partial charge in [0.25, 0.3) is 0 Å². The molecule has 1 aliphatic rings. The molecule has 33 heavy (non-hydrogen) atoms. The summed E-state index contributed by atoms with van der Waals surface area (Å²) in [5.74, 6) is 1.11. The Morgan fingerprint density at radius 1 is 1.21 bits per heavy atom. The predicted molar refractivity (Wildman–Crippen MR) is 134 cm³/mol. The summed E-state index contributed by atoms with van der Waals surface area (Å²) in [5.41, 5.74) is 2.44. The predicted octanol–water partition coefficient (Wildman–Crippen LogP) is 6.45. The minimum atomic E-state index is -0.490. The number of hydrogen-bond donors (Lipinski definition) is 1. The van der Waals surface area contributed by atoms with Crippen molar-refractivity contribution in [1.29, 1.82) is 0 Å². The van der Waals surface area contributed by atoms with Crippen LogP contribution in [0.4, 0.5) is 10.7 Å². The molecule has 1 N–H and O–H groups in total. The summed E-state index contributed by atoms with van der Waals surface area (Å²) in [6, 6.07) is 13.6. The molecular weight excluding hydrogens is 459 g/mol. The van der Waals surface area contributed by atoms with Gasteiger partial charge in [-0.3, -0.25) is 0 Å². The number of halogens is 2. The third kappa shape index (κ3) is 5.92. The van der Waals surface area contributed by atoms with Crippen LogP contribution in [0.15, 0.2) is 42.5 Å². The molecule has 1 aliphatic heterocycles. The second kappa shape index (κ2) is 9.82. The van der Waals surface area contributed by atoms with E-state index in [1.807, 2.05) is 56.0 Å². The van der Waals surface area contributed by atoms with Crippen LogP contribution in [0.2, 0.25) is 10.0 Å². The molecule has 1 aromatic heterocycles. The standard InChI is InChI=1S/C25H30Cl2N4O2/c1-25(2,3)33-24(32)30-12-6-7-17(15-30)14-28-23-29-21-8-4-5-9-22(21)31(23)16-18-10-11-19(26)13-20(18)27/h4-5,8-11,13,17H,6-7,12,14-16H2,1-3H3,(H,28,29). The fourth-order valence-electron chi connectivity index (χ4n) is 4.15. The van der Waals surface area contributed by atoms with Gasteiger partial charge >= 0.3 is 6.09 Å². The summed E-state index contributed by atoms with van der Waals surface area (Å²) in [4.78, 5) is 19.1. The van der Waals surface area contributed by atoms with Gasteiger partial charge < -0.3 is 19.5 Å². The van der Waals surface area contributed by atoms with Crippen LogP contribution in [-0.4, -0.2) is 45.8 Å². The zero-order chi connectivity index (χ0) is 23.6. The van der Waals surface area contributed by atoms with Crippen molar-refractivity contribution in [2.45, 2.75) is 45.8 Å². The zero-order valence-corrected chi connectivity index (χ0v) is 20.8. The smallest absolute Gasteiger partial charge is 0.410 e. The maximum Gasteiger partial charge on any atom is 0.410 e. The monoisotopic (exact) mass is 488 g/mol. The molecule has 1 saturated heterocycles. The van der Waals surface area contributed by atoms with E-state index in [1.165, 1.54) is 0 Å². The molecule has 1 unspecified atom stereocenters. The number of fused-ring (bicyclic) bond motifs is 1. The first kappa shape index (κ1) is 23.7. The molecule has 0 aliphatic carbocycles. The first-order valence-corrected chi connectivity index (χ1v) is 12.1. The summed E-state index contributed by atoms with van der Waals surface area (Å²) >= 11 is 12.5. The molecule has 0 saturated carbocycles. The molecule has 1 amide bonds. The van der Waals surface area contributed by atoms with Crippen LogP contribution in [-0.2, 0) is 11.3 Å². The van der Waals surface area contributed by atoms with Crippen LogP contribution < -0.4 is 5.32 Å². The Hall–Kier alpha value is -2.44. The van der Waals surface area contributed by atoms with Gasteiger partial charge in [0.15, 0.2) is 0 Å². The van der Waals surface area contributed by atoms with Gasteiger partial charge in [0.05, 0.1) is 17.6 Å². The highest BCUT2D eigenvalue weighted by Gasteiger charge is 2.28. The number of imidazole rings is 1. The van der Waals surface area contributed by atoms with Gasteiger partial charge in [-0.15, -0.1) is 0 Å². The molecule has 4 rings (SSSR count). The van der Waals surface area contributed by atoms with E-state index in [1.54, 1.807) is 6.07 Å². The topological polar surface area (TPSA) is 59.4 Å². The van der Waals surface area contributed by atoms with Crippen LogP contribution in [0, 0.1) is 5.92 Å². The first-order chi connectivity index (χ1) is 15.7. The van der Waals surface area contributed by atoms with Crippen molar-refractivity contribution in [3.63, 3.8) is 0 Å². The second-order valence-electron chi connectivity index (χ2n) is 9.56. The summed E-state index contributed by atoms with van der Waals surface area (Å²) in [6.07, 6.45) is 1.77. The molecule has 8 heteroatoms. The van der Waals surface area contributed by atoms with E-state index in [-0.39, 0.29) is 6.09 Å². The highest BCUT2D eigenvalue weighted by atomic mass is 35.5. The Morgan fingerprint density at radius 2 is 2.00 bits per heavy atom. The van der Waals surface area contributed by atoms with Crippen molar-refractivity contribution in [3.8, 4) is 0 Å². The number of aromatic nitrogens is 2. The lowest BCUT2D eigenvalue weighted by Crippen LogP contribution is -2.44. The summed E-state index contributed by atoms with van der Waals surface area (Å²) in [7, 11) is 0. The number of likely N-dealkylation sites (tertiary alicyclic amines) is 1. The molecular formula is C25H30Cl2N4O2. The number of amides is 1. The molecule has 3 aromatic rings. The average Bonchev–Trinajstić information content (AvgIpc) is 3.10. The molecule has 2 aromatic carbocycles. The number of carbonyl (C=O) groups excluding carboxylic acids is 1. The van der Waals surface area contributed by atoms with Gasteiger partial charge in [-0.2, -0.15) is 0 Å². The fourth-order valence-corrected chi connectivity index (χ4v) is 4.62. The van der Waals surface area contributed by atoms with Crippen LogP contribution in [0.5, 0.6) is 0 Å². The van der Waals surface area contributed by atoms with Crippen LogP contribution in [0.25, 0.3) is 11.0 Å². The van der Waals surface area contributed by atoms with Gasteiger partial charge in [0.2, 0.25) is 5.95 Å². The lowest BCUT2D eigenvalue weighted by atomic mass is 9.98. The number of piperidine rings is 1. The van der Waals surface area contributed by atoms with E-state index in [9.17, 15) is 4.79 Å². The van der Waals surface area contributed by atoms with Crippen molar-refractivity contribution >= 4 is 46.3 Å². The molecule has 0 spiro atoms. The number of nitrogens with zero attached hydrogens (tertiary/aromatic N) is 3. The van der Waals surface area contributed by atoms with Gasteiger partial charge in [0, 0.05) is 29.7 Å². The number of carbonyl (C=O) groups is 1. The second-order valence-corrected chi connectivity index (χ2v) is 10.4. The Balaban J connectivity index is 1.49. The first-order valence-electron chi connectivity index (χ1n) is 11.3. The van der Waals surface area contributed by atoms with E-state index in [4.69, 9.17) is 32.9 Å². The lowest BCUT2D eigenvalue weighted by Gasteiger charge is -2.34. The largest absolute Gasteiger partial charge is 0.444 e. The van der Waals surface area contributed by atoms with E-state index in [2.05, 4.69) is 16.0 Å². The van der Waals surface area contributed by atoms with Gasteiger partial charge in [-0.1, -0.05) is 41.4 Å². The third-order valence-corrected chi connectivity index (χ3v) is 6.30. The van der Waals surface area contributed by atoms with Crippen molar-refractivity contribution in [2.75, 3.05) is 25.0 Å². The molecule has 1 atom stereocenters. The van der Waals surface area contributed by atoms with Gasteiger partial charge in [-0.25, -0.2) is 9.78 Å². The number of ether oxygens (including phenoxy) is 1. The Bertz CT molecular complexity index is 1140. The Morgan fingerprint density at radius 3 is 2.76 bits per heavy atom. The van der Waals surface area contributed by atoms with Gasteiger partial charge in [0.1, 0.15) is 5.60 Å². The normalized spacial score (nSPS) is 16.8. The van der Waals surface area contributed by atoms with Crippen LogP contribution >= 0.6 is 23.2 Å². The van der Waals surface area contributed by atoms with E-state index >= 15 is 0 Å². The van der Waals surface area contributed by atoms with Crippen molar-refractivity contribution in [1.82, 2.24) is 14.5 Å². The minimum absolute atomic E-state index is 0.239. The Kier molecular flexibility index (Phi) is 7.05. The number of benzene rings is 2. The molecule has 0 bridgehead atoms. The highest BCUT2D eigenvalue weighted by molar-refractivity contribution is 6.35. The molecule has 2 heterocycles. The third-order valence-electron chi connectivity index (χ3n) is 5.72. The van der Waals surface area contributed by atoms with Crippen molar-refractivity contribution < 1.29 is 9.53 Å². The summed E-state index contributed by atoms with van der Waals surface area (Å²) in [5, 5.41) is 4.78.